The molecule has 0 N–H and O–H groups in total. The number of hydrogen-bond donors (Lipinski definition) is 0. The van der Waals surface area contributed by atoms with Gasteiger partial charge in [-0.1, -0.05) is 27.2 Å². The van der Waals surface area contributed by atoms with Crippen molar-refractivity contribution in [3.8, 4) is 0 Å². The van der Waals surface area contributed by atoms with Gasteiger partial charge in [0.1, 0.15) is 6.10 Å². The van der Waals surface area contributed by atoms with Gasteiger partial charge in [-0.3, -0.25) is 4.79 Å². The topological polar surface area (TPSA) is 29.5 Å². The van der Waals surface area contributed by atoms with Gasteiger partial charge in [0.15, 0.2) is 0 Å². The largest absolute Gasteiger partial charge is 0.462 e. The van der Waals surface area contributed by atoms with Crippen LogP contribution in [0, 0.1) is 16.7 Å². The van der Waals surface area contributed by atoms with Crippen LogP contribution in [0.15, 0.2) is 0 Å². The second kappa shape index (κ2) is 6.68. The Bertz CT molecular complexity index is 406. The van der Waals surface area contributed by atoms with E-state index in [1.165, 1.54) is 32.1 Å². The van der Waals surface area contributed by atoms with Crippen LogP contribution in [-0.2, 0) is 9.53 Å². The van der Waals surface area contributed by atoms with E-state index in [1.54, 1.807) is 0 Å². The summed E-state index contributed by atoms with van der Waals surface area (Å²) in [5.41, 5.74) is 0.517. The number of ether oxygens (including phenoxy) is 1. The Hall–Kier alpha value is -0.280. The van der Waals surface area contributed by atoms with Crippen molar-refractivity contribution in [1.29, 1.82) is 0 Å². The predicted molar refractivity (Wildman–Crippen MR) is 91.3 cm³/mol. The van der Waals surface area contributed by atoms with Crippen molar-refractivity contribution in [2.75, 3.05) is 19.6 Å². The Labute approximate surface area is 141 Å². The lowest BCUT2D eigenvalue weighted by atomic mass is 9.70. The summed E-state index contributed by atoms with van der Waals surface area (Å²) < 4.78 is 5.91. The van der Waals surface area contributed by atoms with Gasteiger partial charge in [-0.05, 0) is 56.5 Å². The number of piperidine rings is 1. The van der Waals surface area contributed by atoms with E-state index in [9.17, 15) is 4.79 Å². The molecule has 0 aromatic heterocycles. The van der Waals surface area contributed by atoms with Gasteiger partial charge >= 0.3 is 5.97 Å². The maximum absolute atomic E-state index is 12.2. The number of halogens is 1. The first-order valence-corrected chi connectivity index (χ1v) is 8.85. The molecule has 0 aromatic carbocycles. The van der Waals surface area contributed by atoms with Crippen LogP contribution in [-0.4, -0.2) is 36.6 Å². The molecule has 3 nitrogen and oxygen atoms in total. The van der Waals surface area contributed by atoms with Crippen LogP contribution in [0.5, 0.6) is 0 Å². The van der Waals surface area contributed by atoms with Gasteiger partial charge in [-0.15, -0.1) is 12.4 Å². The highest BCUT2D eigenvalue weighted by atomic mass is 35.5. The third-order valence-corrected chi connectivity index (χ3v) is 7.07. The van der Waals surface area contributed by atoms with E-state index in [0.717, 1.165) is 32.0 Å². The summed E-state index contributed by atoms with van der Waals surface area (Å²) >= 11 is 0. The molecular formula is C18H32ClNO2. The molecule has 0 spiro atoms. The number of hydrogen-bond acceptors (Lipinski definition) is 3. The van der Waals surface area contributed by atoms with Gasteiger partial charge in [0.2, 0.25) is 0 Å². The zero-order valence-electron chi connectivity index (χ0n) is 14.4. The molecule has 0 radical (unpaired) electrons. The van der Waals surface area contributed by atoms with Crippen LogP contribution < -0.4 is 0 Å². The average Bonchev–Trinajstić information content (AvgIpc) is 2.79. The number of carbonyl (C=O) groups is 1. The Morgan fingerprint density at radius 3 is 2.41 bits per heavy atom. The number of likely N-dealkylation sites (tertiary alicyclic amines) is 1. The van der Waals surface area contributed by atoms with Crippen molar-refractivity contribution in [3.63, 3.8) is 0 Å². The summed E-state index contributed by atoms with van der Waals surface area (Å²) in [6.45, 7) is 10.3. The highest BCUT2D eigenvalue weighted by Crippen LogP contribution is 2.66. The van der Waals surface area contributed by atoms with Crippen LogP contribution in [0.25, 0.3) is 0 Å². The maximum Gasteiger partial charge on any atom is 0.307 e. The molecule has 4 heteroatoms. The van der Waals surface area contributed by atoms with E-state index in [4.69, 9.17) is 4.74 Å². The summed E-state index contributed by atoms with van der Waals surface area (Å²) in [7, 11) is 0. The van der Waals surface area contributed by atoms with Gasteiger partial charge in [0.25, 0.3) is 0 Å². The fraction of sp³-hybridized carbons (Fsp3) is 0.944. The standard InChI is InChI=1S/C18H31NO2.ClH/c1-17(2)14-7-9-18(17,3)15(13-14)21-16(20)8-12-19-10-5-4-6-11-19;/h14-15H,4-13H2,1-3H3;1H/t14-,15+,18+;/m0./s1. The van der Waals surface area contributed by atoms with Crippen LogP contribution >= 0.6 is 12.4 Å². The van der Waals surface area contributed by atoms with E-state index in [-0.39, 0.29) is 29.9 Å². The summed E-state index contributed by atoms with van der Waals surface area (Å²) in [5, 5.41) is 0. The van der Waals surface area contributed by atoms with E-state index in [2.05, 4.69) is 25.7 Å². The smallest absolute Gasteiger partial charge is 0.307 e. The fourth-order valence-corrected chi connectivity index (χ4v) is 4.96. The van der Waals surface area contributed by atoms with E-state index >= 15 is 0 Å². The molecule has 22 heavy (non-hydrogen) atoms. The van der Waals surface area contributed by atoms with Gasteiger partial charge in [-0.25, -0.2) is 0 Å². The zero-order valence-corrected chi connectivity index (χ0v) is 15.2. The number of esters is 1. The quantitative estimate of drug-likeness (QED) is 0.729. The third kappa shape index (κ3) is 3.03. The second-order valence-electron chi connectivity index (χ2n) is 8.24. The summed E-state index contributed by atoms with van der Waals surface area (Å²) in [5.74, 6) is 0.762. The lowest BCUT2D eigenvalue weighted by molar-refractivity contribution is -0.157. The van der Waals surface area contributed by atoms with Gasteiger partial charge in [0.05, 0.1) is 6.42 Å². The fourth-order valence-electron chi connectivity index (χ4n) is 4.96. The Morgan fingerprint density at radius 1 is 1.18 bits per heavy atom. The number of fused-ring (bicyclic) bond motifs is 2. The molecule has 0 aromatic rings. The Balaban J connectivity index is 0.00000176. The first-order chi connectivity index (χ1) is 9.93. The minimum Gasteiger partial charge on any atom is -0.462 e. The molecule has 2 bridgehead atoms. The first kappa shape index (κ1) is 18.1. The molecule has 3 rings (SSSR count). The molecule has 1 heterocycles. The van der Waals surface area contributed by atoms with Crippen LogP contribution in [0.1, 0.15) is 65.7 Å². The summed E-state index contributed by atoms with van der Waals surface area (Å²) in [6, 6.07) is 0. The second-order valence-corrected chi connectivity index (χ2v) is 8.24. The van der Waals surface area contributed by atoms with E-state index < -0.39 is 0 Å². The number of rotatable bonds is 4. The van der Waals surface area contributed by atoms with Crippen LogP contribution in [0.4, 0.5) is 0 Å². The zero-order chi connectivity index (χ0) is 15.1. The molecule has 3 aliphatic rings. The molecule has 3 fully saturated rings. The minimum atomic E-state index is 0. The lowest BCUT2D eigenvalue weighted by Gasteiger charge is -2.38. The van der Waals surface area contributed by atoms with Gasteiger partial charge < -0.3 is 9.64 Å². The highest BCUT2D eigenvalue weighted by molar-refractivity contribution is 5.85. The van der Waals surface area contributed by atoms with E-state index in [1.807, 2.05) is 0 Å². The number of carbonyl (C=O) groups excluding carboxylic acids is 1. The van der Waals surface area contributed by atoms with Crippen molar-refractivity contribution in [3.05, 3.63) is 0 Å². The summed E-state index contributed by atoms with van der Waals surface area (Å²) in [6.07, 6.45) is 8.24. The molecule has 128 valence electrons. The minimum absolute atomic E-state index is 0. The van der Waals surface area contributed by atoms with Crippen LogP contribution in [0.3, 0.4) is 0 Å². The van der Waals surface area contributed by atoms with E-state index in [0.29, 0.717) is 11.8 Å². The lowest BCUT2D eigenvalue weighted by Crippen LogP contribution is -2.39. The predicted octanol–water partition coefficient (Wildman–Crippen LogP) is 4.04. The molecule has 1 aliphatic heterocycles. The molecule has 0 amide bonds. The van der Waals surface area contributed by atoms with Crippen molar-refractivity contribution in [1.82, 2.24) is 4.90 Å². The van der Waals surface area contributed by atoms with Crippen LogP contribution in [0.2, 0.25) is 0 Å². The highest BCUT2D eigenvalue weighted by Gasteiger charge is 2.62. The number of nitrogens with zero attached hydrogens (tertiary/aromatic N) is 1. The molecule has 0 unspecified atom stereocenters. The van der Waals surface area contributed by atoms with Crippen molar-refractivity contribution < 1.29 is 9.53 Å². The molecule has 2 aliphatic carbocycles. The monoisotopic (exact) mass is 329 g/mol. The van der Waals surface area contributed by atoms with Gasteiger partial charge in [-0.2, -0.15) is 0 Å². The summed E-state index contributed by atoms with van der Waals surface area (Å²) in [4.78, 5) is 14.6. The van der Waals surface area contributed by atoms with Crippen molar-refractivity contribution in [2.45, 2.75) is 71.8 Å². The SMILES string of the molecule is CC1(C)[C@H]2CC[C@]1(C)[C@H](OC(=O)CCN1CCCCC1)C2.Cl. The van der Waals surface area contributed by atoms with Crippen molar-refractivity contribution >= 4 is 18.4 Å². The molecule has 2 saturated carbocycles. The Kier molecular flexibility index (Phi) is 5.49. The van der Waals surface area contributed by atoms with Crippen molar-refractivity contribution in [2.24, 2.45) is 16.7 Å². The molecule has 1 saturated heterocycles. The van der Waals surface area contributed by atoms with Gasteiger partial charge in [0, 0.05) is 12.0 Å². The maximum atomic E-state index is 12.2. The molecule has 3 atom stereocenters. The normalized spacial score (nSPS) is 36.9. The average molecular weight is 330 g/mol. The Morgan fingerprint density at radius 2 is 1.86 bits per heavy atom. The first-order valence-electron chi connectivity index (χ1n) is 8.85. The molecular weight excluding hydrogens is 298 g/mol. The third-order valence-electron chi connectivity index (χ3n) is 7.07.